The van der Waals surface area contributed by atoms with Gasteiger partial charge < -0.3 is 15.7 Å². The monoisotopic (exact) mass is 278 g/mol. The number of piperidine rings is 1. The number of hydrogen-bond acceptors (Lipinski definition) is 5. The van der Waals surface area contributed by atoms with Gasteiger partial charge in [-0.2, -0.15) is 0 Å². The number of aromatic nitrogens is 1. The van der Waals surface area contributed by atoms with E-state index in [1.165, 1.54) is 0 Å². The Bertz CT molecular complexity index is 482. The van der Waals surface area contributed by atoms with Gasteiger partial charge in [-0.3, -0.25) is 4.90 Å². The molecule has 0 bridgehead atoms. The van der Waals surface area contributed by atoms with E-state index < -0.39 is 0 Å². The molecule has 2 heterocycles. The maximum atomic E-state index is 8.85. The van der Waals surface area contributed by atoms with Gasteiger partial charge in [0.05, 0.1) is 7.11 Å². The van der Waals surface area contributed by atoms with E-state index in [4.69, 9.17) is 15.7 Å². The summed E-state index contributed by atoms with van der Waals surface area (Å²) < 4.78 is 5.27. The summed E-state index contributed by atoms with van der Waals surface area (Å²) in [6.07, 6.45) is 3.49. The summed E-state index contributed by atoms with van der Waals surface area (Å²) in [5.74, 6) is 1.01. The molecule has 0 aromatic carbocycles. The van der Waals surface area contributed by atoms with Crippen molar-refractivity contribution in [3.8, 4) is 5.88 Å². The minimum atomic E-state index is -0.204. The Kier molecular flexibility index (Phi) is 4.44. The molecular weight excluding hydrogens is 256 g/mol. The lowest BCUT2D eigenvalue weighted by Gasteiger charge is -2.38. The van der Waals surface area contributed by atoms with Gasteiger partial charge in [0, 0.05) is 23.7 Å². The smallest absolute Gasteiger partial charge is 0.217 e. The van der Waals surface area contributed by atoms with Crippen LogP contribution in [-0.4, -0.2) is 41.1 Å². The number of oxime groups is 1. The molecule has 6 nitrogen and oxygen atoms in total. The molecule has 3 N–H and O–H groups in total. The van der Waals surface area contributed by atoms with E-state index in [2.05, 4.69) is 15.0 Å². The van der Waals surface area contributed by atoms with Crippen LogP contribution in [0.3, 0.4) is 0 Å². The summed E-state index contributed by atoms with van der Waals surface area (Å²) in [5, 5.41) is 12.0. The second-order valence-electron chi connectivity index (χ2n) is 5.49. The predicted molar refractivity (Wildman–Crippen MR) is 76.8 cm³/mol. The van der Waals surface area contributed by atoms with Crippen molar-refractivity contribution in [2.24, 2.45) is 16.3 Å². The van der Waals surface area contributed by atoms with Crippen molar-refractivity contribution in [2.45, 2.75) is 26.3 Å². The molecule has 0 amide bonds. The molecular formula is C14H22N4O2. The van der Waals surface area contributed by atoms with Crippen LogP contribution >= 0.6 is 0 Å². The van der Waals surface area contributed by atoms with E-state index in [0.29, 0.717) is 11.7 Å². The van der Waals surface area contributed by atoms with Crippen LogP contribution in [0.15, 0.2) is 23.5 Å². The number of nitrogens with zero attached hydrogens (tertiary/aromatic N) is 3. The van der Waals surface area contributed by atoms with Crippen LogP contribution in [0.1, 0.15) is 25.3 Å². The zero-order chi connectivity index (χ0) is 14.6. The predicted octanol–water partition coefficient (Wildman–Crippen LogP) is 1.44. The lowest BCUT2D eigenvalue weighted by molar-refractivity contribution is 0.151. The maximum absolute atomic E-state index is 8.85. The molecule has 1 saturated heterocycles. The van der Waals surface area contributed by atoms with Crippen LogP contribution in [0.4, 0.5) is 0 Å². The number of likely N-dealkylation sites (tertiary alicyclic amines) is 1. The van der Waals surface area contributed by atoms with Crippen LogP contribution in [0.25, 0.3) is 0 Å². The molecule has 6 heteroatoms. The Labute approximate surface area is 119 Å². The third kappa shape index (κ3) is 3.01. The first-order chi connectivity index (χ1) is 9.59. The number of rotatable bonds is 4. The number of amidine groups is 1. The Morgan fingerprint density at radius 1 is 1.55 bits per heavy atom. The molecule has 1 aromatic heterocycles. The second-order valence-corrected chi connectivity index (χ2v) is 5.49. The SMILES string of the molecule is COc1ncccc1CN1CCC(C)(/C(N)=N/O)CC1. The normalized spacial score (nSPS) is 19.8. The summed E-state index contributed by atoms with van der Waals surface area (Å²) >= 11 is 0. The van der Waals surface area contributed by atoms with Crippen LogP contribution < -0.4 is 10.5 Å². The zero-order valence-electron chi connectivity index (χ0n) is 12.0. The van der Waals surface area contributed by atoms with E-state index in [1.54, 1.807) is 13.3 Å². The fraction of sp³-hybridized carbons (Fsp3) is 0.571. The third-order valence-corrected chi connectivity index (χ3v) is 4.12. The molecule has 1 fully saturated rings. The fourth-order valence-electron chi connectivity index (χ4n) is 2.55. The summed E-state index contributed by atoms with van der Waals surface area (Å²) in [6, 6.07) is 3.95. The quantitative estimate of drug-likeness (QED) is 0.377. The highest BCUT2D eigenvalue weighted by molar-refractivity contribution is 5.85. The maximum Gasteiger partial charge on any atom is 0.217 e. The minimum Gasteiger partial charge on any atom is -0.481 e. The van der Waals surface area contributed by atoms with Gasteiger partial charge in [0.25, 0.3) is 0 Å². The van der Waals surface area contributed by atoms with Gasteiger partial charge in [0.1, 0.15) is 5.84 Å². The third-order valence-electron chi connectivity index (χ3n) is 4.12. The van der Waals surface area contributed by atoms with Crippen molar-refractivity contribution in [3.05, 3.63) is 23.9 Å². The Morgan fingerprint density at radius 3 is 2.85 bits per heavy atom. The topological polar surface area (TPSA) is 84.0 Å². The van der Waals surface area contributed by atoms with Crippen molar-refractivity contribution in [3.63, 3.8) is 0 Å². The summed E-state index contributed by atoms with van der Waals surface area (Å²) in [6.45, 7) is 4.67. The number of methoxy groups -OCH3 is 1. The number of nitrogens with two attached hydrogens (primary N) is 1. The molecule has 0 radical (unpaired) electrons. The lowest BCUT2D eigenvalue weighted by Crippen LogP contribution is -2.45. The highest BCUT2D eigenvalue weighted by Crippen LogP contribution is 2.32. The van der Waals surface area contributed by atoms with Crippen molar-refractivity contribution in [1.29, 1.82) is 0 Å². The molecule has 0 spiro atoms. The molecule has 2 rings (SSSR count). The van der Waals surface area contributed by atoms with Crippen molar-refractivity contribution >= 4 is 5.84 Å². The van der Waals surface area contributed by atoms with Crippen molar-refractivity contribution in [1.82, 2.24) is 9.88 Å². The average Bonchev–Trinajstić information content (AvgIpc) is 2.49. The highest BCUT2D eigenvalue weighted by Gasteiger charge is 2.34. The van der Waals surface area contributed by atoms with Crippen LogP contribution in [-0.2, 0) is 6.54 Å². The first kappa shape index (κ1) is 14.6. The van der Waals surface area contributed by atoms with Gasteiger partial charge in [-0.05, 0) is 32.0 Å². The molecule has 1 aromatic rings. The van der Waals surface area contributed by atoms with Gasteiger partial charge in [-0.25, -0.2) is 4.98 Å². The van der Waals surface area contributed by atoms with E-state index in [1.807, 2.05) is 19.1 Å². The molecule has 1 aliphatic rings. The van der Waals surface area contributed by atoms with Crippen molar-refractivity contribution in [2.75, 3.05) is 20.2 Å². The Hall–Kier alpha value is -1.82. The number of ether oxygens (including phenoxy) is 1. The van der Waals surface area contributed by atoms with Gasteiger partial charge >= 0.3 is 0 Å². The average molecular weight is 278 g/mol. The molecule has 0 atom stereocenters. The molecule has 110 valence electrons. The van der Waals surface area contributed by atoms with Gasteiger partial charge in [0.2, 0.25) is 5.88 Å². The van der Waals surface area contributed by atoms with Gasteiger partial charge in [-0.1, -0.05) is 18.1 Å². The second kappa shape index (κ2) is 6.09. The van der Waals surface area contributed by atoms with Crippen LogP contribution in [0.2, 0.25) is 0 Å². The van der Waals surface area contributed by atoms with Gasteiger partial charge in [-0.15, -0.1) is 0 Å². The van der Waals surface area contributed by atoms with E-state index in [9.17, 15) is 0 Å². The molecule has 0 unspecified atom stereocenters. The van der Waals surface area contributed by atoms with Crippen LogP contribution in [0, 0.1) is 5.41 Å². The van der Waals surface area contributed by atoms with Crippen molar-refractivity contribution < 1.29 is 9.94 Å². The van der Waals surface area contributed by atoms with E-state index >= 15 is 0 Å². The first-order valence-electron chi connectivity index (χ1n) is 6.77. The Morgan fingerprint density at radius 2 is 2.25 bits per heavy atom. The fourth-order valence-corrected chi connectivity index (χ4v) is 2.55. The minimum absolute atomic E-state index is 0.204. The summed E-state index contributed by atoms with van der Waals surface area (Å²) in [7, 11) is 1.64. The lowest BCUT2D eigenvalue weighted by atomic mass is 9.79. The molecule has 0 aliphatic carbocycles. The van der Waals surface area contributed by atoms with E-state index in [-0.39, 0.29) is 5.41 Å². The standard InChI is InChI=1S/C14H22N4O2/c1-14(13(15)17-19)5-8-18(9-6-14)10-11-4-3-7-16-12(11)20-2/h3-4,7,19H,5-6,8-10H2,1-2H3,(H2,15,17). The molecule has 1 aliphatic heterocycles. The zero-order valence-corrected chi connectivity index (χ0v) is 12.0. The summed E-state index contributed by atoms with van der Waals surface area (Å²) in [5.41, 5.74) is 6.66. The summed E-state index contributed by atoms with van der Waals surface area (Å²) in [4.78, 5) is 6.55. The van der Waals surface area contributed by atoms with Crippen LogP contribution in [0.5, 0.6) is 5.88 Å². The number of hydrogen-bond donors (Lipinski definition) is 2. The van der Waals surface area contributed by atoms with E-state index in [0.717, 1.165) is 38.0 Å². The molecule has 20 heavy (non-hydrogen) atoms. The Balaban J connectivity index is 1.98. The first-order valence-corrected chi connectivity index (χ1v) is 6.77. The largest absolute Gasteiger partial charge is 0.481 e. The molecule has 0 saturated carbocycles. The van der Waals surface area contributed by atoms with Gasteiger partial charge in [0.15, 0.2) is 0 Å². The number of pyridine rings is 1. The highest BCUT2D eigenvalue weighted by atomic mass is 16.5.